The Labute approximate surface area is 112 Å². The van der Waals surface area contributed by atoms with Gasteiger partial charge in [-0.05, 0) is 45.0 Å². The van der Waals surface area contributed by atoms with E-state index < -0.39 is 12.1 Å². The van der Waals surface area contributed by atoms with Crippen molar-refractivity contribution in [2.24, 2.45) is 0 Å². The van der Waals surface area contributed by atoms with Gasteiger partial charge in [-0.2, -0.15) is 0 Å². The Hall–Kier alpha value is -2.04. The largest absolute Gasteiger partial charge is 0.508 e. The normalized spacial score (nSPS) is 11.7. The molecule has 1 aromatic rings. The molecule has 0 aliphatic heterocycles. The van der Waals surface area contributed by atoms with E-state index >= 15 is 0 Å². The minimum Gasteiger partial charge on any atom is -0.508 e. The van der Waals surface area contributed by atoms with Gasteiger partial charge in [0.25, 0.3) is 5.91 Å². The van der Waals surface area contributed by atoms with Gasteiger partial charge in [0.1, 0.15) is 5.75 Å². The number of carbonyl (C=O) groups excluding carboxylic acids is 2. The molecular weight excluding hydrogens is 246 g/mol. The molecule has 19 heavy (non-hydrogen) atoms. The fourth-order valence-electron chi connectivity index (χ4n) is 1.67. The van der Waals surface area contributed by atoms with Crippen molar-refractivity contribution < 1.29 is 19.4 Å². The first-order valence-electron chi connectivity index (χ1n) is 6.28. The quantitative estimate of drug-likeness (QED) is 0.824. The van der Waals surface area contributed by atoms with Gasteiger partial charge in [-0.1, -0.05) is 0 Å². The maximum absolute atomic E-state index is 11.9. The van der Waals surface area contributed by atoms with Crippen LogP contribution in [0.2, 0.25) is 0 Å². The van der Waals surface area contributed by atoms with Crippen molar-refractivity contribution in [3.63, 3.8) is 0 Å². The first-order valence-corrected chi connectivity index (χ1v) is 6.28. The molecule has 0 unspecified atom stereocenters. The highest BCUT2D eigenvalue weighted by molar-refractivity contribution is 5.92. The van der Waals surface area contributed by atoms with E-state index in [1.807, 2.05) is 13.8 Å². The third-order valence-electron chi connectivity index (χ3n) is 2.81. The highest BCUT2D eigenvalue weighted by atomic mass is 16.5. The van der Waals surface area contributed by atoms with Gasteiger partial charge in [-0.15, -0.1) is 0 Å². The predicted octanol–water partition coefficient (Wildman–Crippen LogP) is 1.81. The molecule has 0 bridgehead atoms. The topological polar surface area (TPSA) is 66.8 Å². The number of likely N-dealkylation sites (N-methyl/N-ethyl adjacent to an activating group) is 1. The fourth-order valence-corrected chi connectivity index (χ4v) is 1.67. The Morgan fingerprint density at radius 3 is 2.21 bits per heavy atom. The third-order valence-corrected chi connectivity index (χ3v) is 2.81. The highest BCUT2D eigenvalue weighted by Crippen LogP contribution is 2.12. The maximum Gasteiger partial charge on any atom is 0.338 e. The molecule has 1 rings (SSSR count). The molecule has 0 saturated heterocycles. The van der Waals surface area contributed by atoms with Crippen LogP contribution in [0, 0.1) is 0 Å². The van der Waals surface area contributed by atoms with E-state index in [-0.39, 0.29) is 11.7 Å². The van der Waals surface area contributed by atoms with Crippen LogP contribution < -0.4 is 0 Å². The number of aromatic hydroxyl groups is 1. The first kappa shape index (κ1) is 15.0. The average molecular weight is 265 g/mol. The van der Waals surface area contributed by atoms with Gasteiger partial charge in [0.15, 0.2) is 6.10 Å². The van der Waals surface area contributed by atoms with E-state index in [0.717, 1.165) is 0 Å². The molecule has 0 radical (unpaired) electrons. The van der Waals surface area contributed by atoms with Crippen LogP contribution >= 0.6 is 0 Å². The number of esters is 1. The van der Waals surface area contributed by atoms with Crippen LogP contribution in [0.5, 0.6) is 5.75 Å². The second-order valence-corrected chi connectivity index (χ2v) is 4.10. The number of rotatable bonds is 5. The standard InChI is InChI=1S/C14H19NO4/c1-4-15(5-2)13(17)10(3)19-14(18)11-6-8-12(16)9-7-11/h6-10,16H,4-5H2,1-3H3/t10-/m0/s1. The summed E-state index contributed by atoms with van der Waals surface area (Å²) >= 11 is 0. The number of hydrogen-bond donors (Lipinski definition) is 1. The number of phenols is 1. The summed E-state index contributed by atoms with van der Waals surface area (Å²) in [4.78, 5) is 25.3. The lowest BCUT2D eigenvalue weighted by atomic mass is 10.2. The minimum absolute atomic E-state index is 0.0730. The summed E-state index contributed by atoms with van der Waals surface area (Å²) in [6, 6.07) is 5.69. The molecule has 1 aromatic carbocycles. The zero-order valence-electron chi connectivity index (χ0n) is 11.4. The van der Waals surface area contributed by atoms with E-state index in [0.29, 0.717) is 18.7 Å². The van der Waals surface area contributed by atoms with E-state index in [4.69, 9.17) is 9.84 Å². The van der Waals surface area contributed by atoms with Crippen LogP contribution in [0.4, 0.5) is 0 Å². The molecule has 0 saturated carbocycles. The second kappa shape index (κ2) is 6.78. The number of benzene rings is 1. The Morgan fingerprint density at radius 2 is 1.74 bits per heavy atom. The van der Waals surface area contributed by atoms with Crippen molar-refractivity contribution in [3.8, 4) is 5.75 Å². The zero-order valence-corrected chi connectivity index (χ0v) is 11.4. The van der Waals surface area contributed by atoms with Crippen LogP contribution in [0.15, 0.2) is 24.3 Å². The van der Waals surface area contributed by atoms with Gasteiger partial charge in [0, 0.05) is 13.1 Å². The molecule has 1 N–H and O–H groups in total. The molecule has 0 fully saturated rings. The number of nitrogens with zero attached hydrogens (tertiary/aromatic N) is 1. The molecule has 0 heterocycles. The van der Waals surface area contributed by atoms with Crippen molar-refractivity contribution in [3.05, 3.63) is 29.8 Å². The van der Waals surface area contributed by atoms with E-state index in [9.17, 15) is 9.59 Å². The summed E-state index contributed by atoms with van der Waals surface area (Å²) in [5.74, 6) is -0.714. The van der Waals surface area contributed by atoms with Crippen LogP contribution in [-0.4, -0.2) is 41.1 Å². The number of carbonyl (C=O) groups is 2. The lowest BCUT2D eigenvalue weighted by Gasteiger charge is -2.22. The number of amides is 1. The Bertz CT molecular complexity index is 437. The Kier molecular flexibility index (Phi) is 5.36. The molecule has 104 valence electrons. The van der Waals surface area contributed by atoms with E-state index in [1.54, 1.807) is 11.8 Å². The third kappa shape index (κ3) is 3.98. The Balaban J connectivity index is 2.66. The average Bonchev–Trinajstić information content (AvgIpc) is 2.40. The fraction of sp³-hybridized carbons (Fsp3) is 0.429. The van der Waals surface area contributed by atoms with Gasteiger partial charge in [0.05, 0.1) is 5.56 Å². The van der Waals surface area contributed by atoms with Crippen LogP contribution in [0.1, 0.15) is 31.1 Å². The molecule has 5 nitrogen and oxygen atoms in total. The summed E-state index contributed by atoms with van der Waals surface area (Å²) in [5, 5.41) is 9.13. The van der Waals surface area contributed by atoms with Gasteiger partial charge < -0.3 is 14.7 Å². The van der Waals surface area contributed by atoms with Crippen molar-refractivity contribution in [1.82, 2.24) is 4.90 Å². The Morgan fingerprint density at radius 1 is 1.21 bits per heavy atom. The molecule has 0 aliphatic rings. The van der Waals surface area contributed by atoms with Gasteiger partial charge >= 0.3 is 5.97 Å². The maximum atomic E-state index is 11.9. The van der Waals surface area contributed by atoms with Crippen molar-refractivity contribution in [1.29, 1.82) is 0 Å². The van der Waals surface area contributed by atoms with Crippen molar-refractivity contribution >= 4 is 11.9 Å². The molecule has 0 aliphatic carbocycles. The summed E-state index contributed by atoms with van der Waals surface area (Å²) < 4.78 is 5.11. The smallest absolute Gasteiger partial charge is 0.338 e. The molecule has 1 amide bonds. The van der Waals surface area contributed by atoms with Crippen LogP contribution in [0.3, 0.4) is 0 Å². The minimum atomic E-state index is -0.818. The van der Waals surface area contributed by atoms with Crippen LogP contribution in [-0.2, 0) is 9.53 Å². The molecule has 0 aromatic heterocycles. The van der Waals surface area contributed by atoms with Gasteiger partial charge in [-0.25, -0.2) is 4.79 Å². The summed E-state index contributed by atoms with van der Waals surface area (Å²) in [7, 11) is 0. The zero-order chi connectivity index (χ0) is 14.4. The van der Waals surface area contributed by atoms with Crippen molar-refractivity contribution in [2.75, 3.05) is 13.1 Å². The number of hydrogen-bond acceptors (Lipinski definition) is 4. The van der Waals surface area contributed by atoms with Gasteiger partial charge in [0.2, 0.25) is 0 Å². The highest BCUT2D eigenvalue weighted by Gasteiger charge is 2.22. The SMILES string of the molecule is CCN(CC)C(=O)[C@H](C)OC(=O)c1ccc(O)cc1. The monoisotopic (exact) mass is 265 g/mol. The molecule has 1 atom stereocenters. The van der Waals surface area contributed by atoms with Crippen molar-refractivity contribution in [2.45, 2.75) is 26.9 Å². The predicted molar refractivity (Wildman–Crippen MR) is 70.9 cm³/mol. The van der Waals surface area contributed by atoms with E-state index in [2.05, 4.69) is 0 Å². The first-order chi connectivity index (χ1) is 8.99. The molecule has 5 heteroatoms. The lowest BCUT2D eigenvalue weighted by Crippen LogP contribution is -2.39. The molecule has 0 spiro atoms. The van der Waals surface area contributed by atoms with E-state index in [1.165, 1.54) is 24.3 Å². The summed E-state index contributed by atoms with van der Waals surface area (Å²) in [6.45, 7) is 6.46. The number of ether oxygens (including phenoxy) is 1. The van der Waals surface area contributed by atoms with Gasteiger partial charge in [-0.3, -0.25) is 4.79 Å². The molecular formula is C14H19NO4. The number of phenolic OH excluding ortho intramolecular Hbond substituents is 1. The summed E-state index contributed by atoms with van der Waals surface area (Å²) in [5.41, 5.74) is 0.303. The lowest BCUT2D eigenvalue weighted by molar-refractivity contribution is -0.139. The van der Waals surface area contributed by atoms with Crippen LogP contribution in [0.25, 0.3) is 0 Å². The summed E-state index contributed by atoms with van der Waals surface area (Å²) in [6.07, 6.45) is -0.818. The second-order valence-electron chi connectivity index (χ2n) is 4.10.